The molecule has 37 heavy (non-hydrogen) atoms. The third-order valence-electron chi connectivity index (χ3n) is 7.33. The van der Waals surface area contributed by atoms with E-state index in [2.05, 4.69) is 46.8 Å². The van der Waals surface area contributed by atoms with Crippen molar-refractivity contribution in [3.63, 3.8) is 0 Å². The molecule has 2 saturated heterocycles. The fourth-order valence-electron chi connectivity index (χ4n) is 4.97. The fourth-order valence-corrected chi connectivity index (χ4v) is 5.16. The predicted octanol–water partition coefficient (Wildman–Crippen LogP) is 3.32. The van der Waals surface area contributed by atoms with Gasteiger partial charge in [-0.1, -0.05) is 23.7 Å². The molecule has 5 rings (SSSR count). The number of H-pyrrole nitrogens is 1. The second-order valence-electron chi connectivity index (χ2n) is 9.88. The smallest absolute Gasteiger partial charge is 0.254 e. The molecule has 2 aliphatic rings. The van der Waals surface area contributed by atoms with Crippen molar-refractivity contribution in [2.75, 3.05) is 62.2 Å². The molecular weight excluding hydrogens is 488 g/mol. The van der Waals surface area contributed by atoms with Crippen molar-refractivity contribution < 1.29 is 4.79 Å². The maximum Gasteiger partial charge on any atom is 0.254 e. The van der Waals surface area contributed by atoms with Crippen LogP contribution in [-0.2, 0) is 6.54 Å². The number of hydrogen-bond acceptors (Lipinski definition) is 6. The van der Waals surface area contributed by atoms with Crippen molar-refractivity contribution in [2.24, 2.45) is 0 Å². The van der Waals surface area contributed by atoms with Gasteiger partial charge in [-0.15, -0.1) is 0 Å². The number of aromatic amines is 1. The predicted molar refractivity (Wildman–Crippen MR) is 148 cm³/mol. The van der Waals surface area contributed by atoms with Crippen molar-refractivity contribution in [1.29, 1.82) is 0 Å². The molecule has 0 bridgehead atoms. The number of nitrogens with zero attached hydrogens (tertiary/aromatic N) is 5. The van der Waals surface area contributed by atoms with Crippen LogP contribution in [-0.4, -0.2) is 78.0 Å². The average Bonchev–Trinajstić information content (AvgIpc) is 2.90. The number of benzene rings is 2. The van der Waals surface area contributed by atoms with E-state index in [1.54, 1.807) is 30.3 Å². The van der Waals surface area contributed by atoms with Crippen molar-refractivity contribution >= 4 is 29.1 Å². The topological polar surface area (TPSA) is 75.8 Å². The second-order valence-corrected chi connectivity index (χ2v) is 10.3. The number of amides is 1. The number of nitrogens with one attached hydrogen (secondary N) is 1. The summed E-state index contributed by atoms with van der Waals surface area (Å²) in [6, 6.07) is 15.3. The molecular formula is C28H33ClN6O2. The van der Waals surface area contributed by atoms with Crippen LogP contribution in [0.2, 0.25) is 5.02 Å². The zero-order valence-corrected chi connectivity index (χ0v) is 22.2. The van der Waals surface area contributed by atoms with E-state index in [-0.39, 0.29) is 11.5 Å². The molecule has 0 spiro atoms. The fraction of sp³-hybridized carbons (Fsp3) is 0.393. The van der Waals surface area contributed by atoms with Crippen LogP contribution in [0.1, 0.15) is 27.2 Å². The van der Waals surface area contributed by atoms with Gasteiger partial charge in [-0.2, -0.15) is 0 Å². The minimum absolute atomic E-state index is 0.0303. The van der Waals surface area contributed by atoms with Gasteiger partial charge < -0.3 is 14.7 Å². The number of anilines is 2. The lowest BCUT2D eigenvalue weighted by molar-refractivity contribution is 0.0746. The molecule has 0 atom stereocenters. The monoisotopic (exact) mass is 520 g/mol. The summed E-state index contributed by atoms with van der Waals surface area (Å²) in [7, 11) is 0. The molecule has 1 amide bonds. The lowest BCUT2D eigenvalue weighted by Crippen LogP contribution is -2.49. The van der Waals surface area contributed by atoms with Crippen molar-refractivity contribution in [3.05, 3.63) is 86.3 Å². The molecule has 8 nitrogen and oxygen atoms in total. The van der Waals surface area contributed by atoms with Crippen molar-refractivity contribution in [1.82, 2.24) is 19.8 Å². The normalized spacial score (nSPS) is 16.8. The third kappa shape index (κ3) is 5.97. The Bertz CT molecular complexity index is 1330. The molecule has 3 heterocycles. The highest BCUT2D eigenvalue weighted by Gasteiger charge is 2.24. The van der Waals surface area contributed by atoms with Crippen LogP contribution in [0.25, 0.3) is 0 Å². The molecule has 2 aromatic carbocycles. The quantitative estimate of drug-likeness (QED) is 0.556. The maximum atomic E-state index is 12.8. The second kappa shape index (κ2) is 10.9. The Balaban J connectivity index is 1.17. The Labute approximate surface area is 222 Å². The first-order valence-electron chi connectivity index (χ1n) is 12.8. The average molecular weight is 521 g/mol. The number of halogens is 1. The molecule has 0 aliphatic carbocycles. The Morgan fingerprint density at radius 1 is 0.892 bits per heavy atom. The summed E-state index contributed by atoms with van der Waals surface area (Å²) >= 11 is 6.05. The number of carbonyl (C=O) groups is 1. The Kier molecular flexibility index (Phi) is 7.48. The van der Waals surface area contributed by atoms with E-state index in [9.17, 15) is 9.59 Å². The molecule has 2 fully saturated rings. The van der Waals surface area contributed by atoms with Gasteiger partial charge in [0.15, 0.2) is 0 Å². The number of piperazine rings is 2. The molecule has 1 N–H and O–H groups in total. The number of rotatable bonds is 5. The zero-order chi connectivity index (χ0) is 25.9. The molecule has 0 radical (unpaired) electrons. The third-order valence-corrected chi connectivity index (χ3v) is 7.57. The van der Waals surface area contributed by atoms with Gasteiger partial charge >= 0.3 is 0 Å². The molecule has 0 saturated carbocycles. The molecule has 9 heteroatoms. The zero-order valence-electron chi connectivity index (χ0n) is 21.4. The first kappa shape index (κ1) is 25.3. The summed E-state index contributed by atoms with van der Waals surface area (Å²) in [4.78, 5) is 41.6. The Morgan fingerprint density at radius 3 is 2.32 bits per heavy atom. The van der Waals surface area contributed by atoms with E-state index in [0.29, 0.717) is 49.3 Å². The lowest BCUT2D eigenvalue weighted by Gasteiger charge is -2.36. The maximum absolute atomic E-state index is 12.8. The van der Waals surface area contributed by atoms with Crippen LogP contribution in [0.5, 0.6) is 0 Å². The van der Waals surface area contributed by atoms with Gasteiger partial charge in [-0.25, -0.2) is 4.98 Å². The summed E-state index contributed by atoms with van der Waals surface area (Å²) in [5.74, 6) is 0.545. The number of hydrogen-bond donors (Lipinski definition) is 1. The highest BCUT2D eigenvalue weighted by molar-refractivity contribution is 6.30. The first-order chi connectivity index (χ1) is 17.9. The number of carbonyl (C=O) groups excluding carboxylic acids is 1. The largest absolute Gasteiger partial charge is 0.369 e. The van der Waals surface area contributed by atoms with Crippen molar-refractivity contribution in [2.45, 2.75) is 20.4 Å². The van der Waals surface area contributed by atoms with Crippen LogP contribution in [0.15, 0.2) is 53.3 Å². The van der Waals surface area contributed by atoms with E-state index in [4.69, 9.17) is 16.6 Å². The van der Waals surface area contributed by atoms with Gasteiger partial charge in [-0.3, -0.25) is 19.5 Å². The summed E-state index contributed by atoms with van der Waals surface area (Å²) in [5.41, 5.74) is 5.11. The van der Waals surface area contributed by atoms with Crippen LogP contribution in [0.3, 0.4) is 0 Å². The summed E-state index contributed by atoms with van der Waals surface area (Å²) in [5, 5.41) is 0.551. The van der Waals surface area contributed by atoms with Gasteiger partial charge in [0.1, 0.15) is 0 Å². The summed E-state index contributed by atoms with van der Waals surface area (Å²) < 4.78 is 0. The van der Waals surface area contributed by atoms with E-state index in [1.807, 2.05) is 9.80 Å². The van der Waals surface area contributed by atoms with Crippen LogP contribution >= 0.6 is 11.6 Å². The van der Waals surface area contributed by atoms with Gasteiger partial charge in [0.2, 0.25) is 5.95 Å². The van der Waals surface area contributed by atoms with Gasteiger partial charge in [0, 0.05) is 81.2 Å². The molecule has 3 aromatic rings. The Morgan fingerprint density at radius 2 is 1.62 bits per heavy atom. The van der Waals surface area contributed by atoms with Crippen LogP contribution < -0.4 is 15.4 Å². The highest BCUT2D eigenvalue weighted by Crippen LogP contribution is 2.21. The standard InChI is InChI=1S/C28H33ClN6O2/c1-20-6-7-25(16-21(20)2)33-10-8-32(9-11-33)19-24-18-26(36)31-28(30-24)35-14-12-34(13-15-35)27(37)22-4-3-5-23(29)17-22/h3-7,16-18H,8-15,19H2,1-2H3,(H,30,31,36). The van der Waals surface area contributed by atoms with E-state index in [0.717, 1.165) is 31.9 Å². The Hall–Kier alpha value is -3.36. The summed E-state index contributed by atoms with van der Waals surface area (Å²) in [6.45, 7) is 11.0. The van der Waals surface area contributed by atoms with E-state index < -0.39 is 0 Å². The van der Waals surface area contributed by atoms with Crippen LogP contribution in [0.4, 0.5) is 11.6 Å². The van der Waals surface area contributed by atoms with E-state index in [1.165, 1.54) is 16.8 Å². The number of aromatic nitrogens is 2. The molecule has 2 aliphatic heterocycles. The molecule has 1 aromatic heterocycles. The summed E-state index contributed by atoms with van der Waals surface area (Å²) in [6.07, 6.45) is 0. The first-order valence-corrected chi connectivity index (χ1v) is 13.2. The minimum atomic E-state index is -0.147. The SMILES string of the molecule is Cc1ccc(N2CCN(Cc3cc(=O)[nH]c(N4CCN(C(=O)c5cccc(Cl)c5)CC4)n3)CC2)cc1C. The van der Waals surface area contributed by atoms with Gasteiger partial charge in [0.05, 0.1) is 5.69 Å². The molecule has 0 unspecified atom stereocenters. The number of aryl methyl sites for hydroxylation is 2. The van der Waals surface area contributed by atoms with Crippen molar-refractivity contribution in [3.8, 4) is 0 Å². The molecule has 194 valence electrons. The highest BCUT2D eigenvalue weighted by atomic mass is 35.5. The minimum Gasteiger partial charge on any atom is -0.369 e. The van der Waals surface area contributed by atoms with E-state index >= 15 is 0 Å². The van der Waals surface area contributed by atoms with Gasteiger partial charge in [0.25, 0.3) is 11.5 Å². The van der Waals surface area contributed by atoms with Crippen LogP contribution in [0, 0.1) is 13.8 Å². The lowest BCUT2D eigenvalue weighted by atomic mass is 10.1. The van der Waals surface area contributed by atoms with Gasteiger partial charge in [-0.05, 0) is 55.3 Å².